The van der Waals surface area contributed by atoms with Crippen LogP contribution in [0.4, 0.5) is 0 Å². The normalized spacial score (nSPS) is 15.7. The molecule has 0 aromatic heterocycles. The first-order valence-electron chi connectivity index (χ1n) is 8.06. The molecule has 1 aliphatic carbocycles. The summed E-state index contributed by atoms with van der Waals surface area (Å²) in [5.74, 6) is -0.350. The van der Waals surface area contributed by atoms with Gasteiger partial charge in [-0.2, -0.15) is 0 Å². The van der Waals surface area contributed by atoms with Crippen LogP contribution in [-0.2, 0) is 16.0 Å². The second-order valence-corrected chi connectivity index (χ2v) is 5.74. The lowest BCUT2D eigenvalue weighted by atomic mass is 9.89. The first kappa shape index (κ1) is 16.3. The van der Waals surface area contributed by atoms with Gasteiger partial charge in [0.05, 0.1) is 0 Å². The smallest absolute Gasteiger partial charge is 0.262 e. The molecule has 0 heterocycles. The summed E-state index contributed by atoms with van der Waals surface area (Å²) in [5.41, 5.74) is 7.19. The van der Waals surface area contributed by atoms with Crippen molar-refractivity contribution in [3.63, 3.8) is 0 Å². The molecule has 1 saturated carbocycles. The minimum atomic E-state index is -0.316. The van der Waals surface area contributed by atoms with Gasteiger partial charge in [0.15, 0.2) is 0 Å². The average Bonchev–Trinajstić information content (AvgIpc) is 2.59. The van der Waals surface area contributed by atoms with E-state index in [2.05, 4.69) is 17.8 Å². The second kappa shape index (κ2) is 8.37. The average molecular weight is 300 g/mol. The summed E-state index contributed by atoms with van der Waals surface area (Å²) in [6.45, 7) is 2.10. The zero-order valence-electron chi connectivity index (χ0n) is 13.1. The molecule has 2 rings (SSSR count). The van der Waals surface area contributed by atoms with Gasteiger partial charge in [0, 0.05) is 12.0 Å². The van der Waals surface area contributed by atoms with Crippen LogP contribution in [0.1, 0.15) is 50.2 Å². The SMILES string of the molecule is CCc1ccc(/C=C/C(=O)NNC(=O)C2CCCCC2)cc1. The molecule has 0 bridgehead atoms. The number of amides is 2. The third-order valence-electron chi connectivity index (χ3n) is 4.10. The quantitative estimate of drug-likeness (QED) is 0.663. The molecule has 4 heteroatoms. The van der Waals surface area contributed by atoms with E-state index >= 15 is 0 Å². The maximum Gasteiger partial charge on any atom is 0.262 e. The number of hydrogen-bond acceptors (Lipinski definition) is 2. The molecular weight excluding hydrogens is 276 g/mol. The largest absolute Gasteiger partial charge is 0.273 e. The number of benzene rings is 1. The Bertz CT molecular complexity index is 529. The molecule has 0 atom stereocenters. The van der Waals surface area contributed by atoms with Crippen molar-refractivity contribution in [1.82, 2.24) is 10.9 Å². The fourth-order valence-electron chi connectivity index (χ4n) is 2.67. The fraction of sp³-hybridized carbons (Fsp3) is 0.444. The minimum Gasteiger partial charge on any atom is -0.273 e. The second-order valence-electron chi connectivity index (χ2n) is 5.74. The lowest BCUT2D eigenvalue weighted by Crippen LogP contribution is -2.44. The highest BCUT2D eigenvalue weighted by Gasteiger charge is 2.20. The van der Waals surface area contributed by atoms with E-state index in [9.17, 15) is 9.59 Å². The maximum atomic E-state index is 11.9. The zero-order valence-corrected chi connectivity index (χ0v) is 13.1. The summed E-state index contributed by atoms with van der Waals surface area (Å²) in [7, 11) is 0. The molecule has 1 aliphatic rings. The highest BCUT2D eigenvalue weighted by atomic mass is 16.2. The van der Waals surface area contributed by atoms with Crippen molar-refractivity contribution in [2.24, 2.45) is 5.92 Å². The van der Waals surface area contributed by atoms with Crippen molar-refractivity contribution < 1.29 is 9.59 Å². The van der Waals surface area contributed by atoms with Gasteiger partial charge in [0.1, 0.15) is 0 Å². The Morgan fingerprint density at radius 1 is 1.09 bits per heavy atom. The van der Waals surface area contributed by atoms with Crippen molar-refractivity contribution in [1.29, 1.82) is 0 Å². The standard InChI is InChI=1S/C18H24N2O2/c1-2-14-8-10-15(11-9-14)12-13-17(21)19-20-18(22)16-6-4-3-5-7-16/h8-13,16H,2-7H2,1H3,(H,19,21)(H,20,22)/b13-12+. The van der Waals surface area contributed by atoms with Crippen molar-refractivity contribution >= 4 is 17.9 Å². The van der Waals surface area contributed by atoms with Gasteiger partial charge in [-0.25, -0.2) is 0 Å². The van der Waals surface area contributed by atoms with E-state index in [0.717, 1.165) is 37.7 Å². The van der Waals surface area contributed by atoms with Crippen molar-refractivity contribution in [2.45, 2.75) is 45.4 Å². The first-order valence-corrected chi connectivity index (χ1v) is 8.06. The molecular formula is C18H24N2O2. The minimum absolute atomic E-state index is 0.0413. The van der Waals surface area contributed by atoms with Crippen LogP contribution in [0.2, 0.25) is 0 Å². The highest BCUT2D eigenvalue weighted by molar-refractivity contribution is 5.93. The van der Waals surface area contributed by atoms with Crippen molar-refractivity contribution in [3.8, 4) is 0 Å². The van der Waals surface area contributed by atoms with E-state index in [1.165, 1.54) is 18.1 Å². The van der Waals surface area contributed by atoms with Gasteiger partial charge in [-0.3, -0.25) is 20.4 Å². The molecule has 2 N–H and O–H groups in total. The molecule has 0 saturated heterocycles. The number of hydrazine groups is 1. The topological polar surface area (TPSA) is 58.2 Å². The Balaban J connectivity index is 1.76. The van der Waals surface area contributed by atoms with E-state index in [0.29, 0.717) is 0 Å². The van der Waals surface area contributed by atoms with Crippen LogP contribution in [0, 0.1) is 5.92 Å². The molecule has 0 radical (unpaired) electrons. The number of hydrogen-bond donors (Lipinski definition) is 2. The molecule has 1 aromatic carbocycles. The van der Waals surface area contributed by atoms with E-state index in [1.807, 2.05) is 24.3 Å². The Kier molecular flexibility index (Phi) is 6.19. The van der Waals surface area contributed by atoms with Crippen LogP contribution < -0.4 is 10.9 Å². The van der Waals surface area contributed by atoms with Crippen molar-refractivity contribution in [2.75, 3.05) is 0 Å². The molecule has 4 nitrogen and oxygen atoms in total. The third kappa shape index (κ3) is 5.02. The predicted molar refractivity (Wildman–Crippen MR) is 87.7 cm³/mol. The lowest BCUT2D eigenvalue weighted by Gasteiger charge is -2.20. The molecule has 1 aromatic rings. The molecule has 2 amide bonds. The van der Waals surface area contributed by atoms with Crippen LogP contribution in [-0.4, -0.2) is 11.8 Å². The molecule has 22 heavy (non-hydrogen) atoms. The number of aryl methyl sites for hydroxylation is 1. The van der Waals surface area contributed by atoms with Crippen LogP contribution >= 0.6 is 0 Å². The zero-order chi connectivity index (χ0) is 15.8. The predicted octanol–water partition coefficient (Wildman–Crippen LogP) is 2.99. The van der Waals surface area contributed by atoms with Crippen molar-refractivity contribution in [3.05, 3.63) is 41.5 Å². The number of nitrogens with one attached hydrogen (secondary N) is 2. The Hall–Kier alpha value is -2.10. The van der Waals surface area contributed by atoms with Gasteiger partial charge in [-0.15, -0.1) is 0 Å². The van der Waals surface area contributed by atoms with E-state index < -0.39 is 0 Å². The molecule has 118 valence electrons. The number of carbonyl (C=O) groups excluding carboxylic acids is 2. The third-order valence-corrected chi connectivity index (χ3v) is 4.10. The molecule has 0 aliphatic heterocycles. The van der Waals surface area contributed by atoms with Gasteiger partial charge in [-0.1, -0.05) is 50.5 Å². The molecule has 1 fully saturated rings. The molecule has 0 spiro atoms. The monoisotopic (exact) mass is 300 g/mol. The van der Waals surface area contributed by atoms with Gasteiger partial charge in [0.2, 0.25) is 5.91 Å². The van der Waals surface area contributed by atoms with E-state index in [-0.39, 0.29) is 17.7 Å². The van der Waals surface area contributed by atoms with Crippen LogP contribution in [0.3, 0.4) is 0 Å². The fourth-order valence-corrected chi connectivity index (χ4v) is 2.67. The summed E-state index contributed by atoms with van der Waals surface area (Å²) in [4.78, 5) is 23.6. The Morgan fingerprint density at radius 2 is 1.77 bits per heavy atom. The summed E-state index contributed by atoms with van der Waals surface area (Å²) >= 11 is 0. The van der Waals surface area contributed by atoms with E-state index in [1.54, 1.807) is 6.08 Å². The number of rotatable bonds is 4. The number of carbonyl (C=O) groups is 2. The van der Waals surface area contributed by atoms with Crippen LogP contribution in [0.5, 0.6) is 0 Å². The summed E-state index contributed by atoms with van der Waals surface area (Å²) < 4.78 is 0. The highest BCUT2D eigenvalue weighted by Crippen LogP contribution is 2.23. The van der Waals surface area contributed by atoms with Crippen LogP contribution in [0.25, 0.3) is 6.08 Å². The van der Waals surface area contributed by atoms with Gasteiger partial charge < -0.3 is 0 Å². The van der Waals surface area contributed by atoms with Gasteiger partial charge in [-0.05, 0) is 36.5 Å². The summed E-state index contributed by atoms with van der Waals surface area (Å²) in [5, 5.41) is 0. The lowest BCUT2D eigenvalue weighted by molar-refractivity contribution is -0.130. The van der Waals surface area contributed by atoms with E-state index in [4.69, 9.17) is 0 Å². The van der Waals surface area contributed by atoms with Gasteiger partial charge >= 0.3 is 0 Å². The molecule has 0 unspecified atom stereocenters. The summed E-state index contributed by atoms with van der Waals surface area (Å²) in [6.07, 6.45) is 9.40. The maximum absolute atomic E-state index is 11.9. The Labute approximate surface area is 132 Å². The van der Waals surface area contributed by atoms with Gasteiger partial charge in [0.25, 0.3) is 5.91 Å². The first-order chi connectivity index (χ1) is 10.7. The van der Waals surface area contributed by atoms with Crippen LogP contribution in [0.15, 0.2) is 30.3 Å². The Morgan fingerprint density at radius 3 is 2.41 bits per heavy atom. The summed E-state index contributed by atoms with van der Waals surface area (Å²) in [6, 6.07) is 8.04.